The van der Waals surface area contributed by atoms with Crippen LogP contribution < -0.4 is 38.5 Å². The molecule has 0 aliphatic carbocycles. The number of fused-ring (bicyclic) bond motifs is 1. The van der Waals surface area contributed by atoms with Crippen LogP contribution in [0.15, 0.2) is 82.8 Å². The summed E-state index contributed by atoms with van der Waals surface area (Å²) in [6.07, 6.45) is 4.62. The third kappa shape index (κ3) is 11.8. The van der Waals surface area contributed by atoms with Gasteiger partial charge >= 0.3 is 0 Å². The lowest BCUT2D eigenvalue weighted by Crippen LogP contribution is -2.60. The second-order valence-electron chi connectivity index (χ2n) is 13.6. The molecule has 1 heterocycles. The molecule has 0 unspecified atom stereocenters. The Balaban J connectivity index is 1.64. The second kappa shape index (κ2) is 18.7. The fourth-order valence-electron chi connectivity index (χ4n) is 5.70. The lowest BCUT2D eigenvalue weighted by atomic mass is 9.98. The predicted octanol–water partition coefficient (Wildman–Crippen LogP) is 0.787. The van der Waals surface area contributed by atoms with E-state index in [1.54, 1.807) is 6.21 Å². The Labute approximate surface area is 303 Å². The van der Waals surface area contributed by atoms with Crippen molar-refractivity contribution >= 4 is 52.9 Å². The number of carbonyl (C=O) groups is 5. The number of carbonyl (C=O) groups excluding carboxylic acids is 5. The predicted molar refractivity (Wildman–Crippen MR) is 201 cm³/mol. The number of benzene rings is 3. The van der Waals surface area contributed by atoms with Gasteiger partial charge in [0.05, 0.1) is 11.6 Å². The maximum atomic E-state index is 14.3. The fraction of sp³-hybridized carbons (Fsp3) is 0.395. The Bertz CT molecular complexity index is 1760. The van der Waals surface area contributed by atoms with Gasteiger partial charge in [0.2, 0.25) is 29.5 Å². The van der Waals surface area contributed by atoms with Crippen molar-refractivity contribution in [2.75, 3.05) is 6.54 Å². The van der Waals surface area contributed by atoms with Crippen molar-refractivity contribution in [2.45, 2.75) is 88.1 Å². The average molecular weight is 712 g/mol. The molecule has 1 aliphatic rings. The molecule has 3 aromatic rings. The third-order valence-corrected chi connectivity index (χ3v) is 8.68. The first-order valence-electron chi connectivity index (χ1n) is 17.4. The number of nitrogens with two attached hydrogens (primary N) is 3. The van der Waals surface area contributed by atoms with Crippen molar-refractivity contribution in [3.05, 3.63) is 83.9 Å². The molecule has 14 nitrogen and oxygen atoms in total. The summed E-state index contributed by atoms with van der Waals surface area (Å²) in [7, 11) is 0. The van der Waals surface area contributed by atoms with Gasteiger partial charge in [0.15, 0.2) is 0 Å². The van der Waals surface area contributed by atoms with Gasteiger partial charge in [-0.2, -0.15) is 0 Å². The quantitative estimate of drug-likeness (QED) is 0.0882. The molecule has 4 rings (SSSR count). The van der Waals surface area contributed by atoms with Crippen LogP contribution in [0.25, 0.3) is 10.8 Å². The molecule has 0 bridgehead atoms. The standard InChI is InChI=1S/C38H49N9O5/c1-38(2,41)37(52)47-32(21-28-22-42-23-43-28)36(51)46-31(20-25-15-16-26-12-6-7-13-27(26)18-25)35(50)45-30(19-24-10-4-3-5-11-24)34(49)44-29(33(40)48)14-8-9-17-39/h3-7,10-13,15-16,18,22-23,28-32H,8-9,14,17,19-21,39,41H2,1-2H3,(H2,40,48)(H,44,49)(H,45,50)(H,46,51)(H,47,52)/t28-,29-,30-,31-,32-/m0/s1. The van der Waals surface area contributed by atoms with Crippen molar-refractivity contribution < 1.29 is 24.0 Å². The summed E-state index contributed by atoms with van der Waals surface area (Å²) in [5.41, 5.74) is 17.5. The van der Waals surface area contributed by atoms with Crippen molar-refractivity contribution in [1.82, 2.24) is 21.3 Å². The maximum Gasteiger partial charge on any atom is 0.243 e. The topological polar surface area (TPSA) is 236 Å². The number of primary amides is 1. The molecule has 14 heteroatoms. The van der Waals surface area contributed by atoms with Gasteiger partial charge in [0, 0.05) is 25.5 Å². The number of hydrogen-bond acceptors (Lipinski definition) is 9. The zero-order valence-electron chi connectivity index (χ0n) is 29.6. The Hall–Kier alpha value is -5.47. The molecule has 0 saturated heterocycles. The number of hydrogen-bond donors (Lipinski definition) is 7. The third-order valence-electron chi connectivity index (χ3n) is 8.68. The van der Waals surface area contributed by atoms with E-state index in [9.17, 15) is 24.0 Å². The molecule has 0 spiro atoms. The first-order chi connectivity index (χ1) is 24.8. The van der Waals surface area contributed by atoms with Crippen LogP contribution in [0.3, 0.4) is 0 Å². The van der Waals surface area contributed by atoms with Crippen LogP contribution in [-0.4, -0.2) is 84.4 Å². The van der Waals surface area contributed by atoms with Gasteiger partial charge in [0.1, 0.15) is 30.5 Å². The second-order valence-corrected chi connectivity index (χ2v) is 13.6. The number of unbranched alkanes of at least 4 members (excludes halogenated alkanes) is 1. The first kappa shape index (κ1) is 39.3. The van der Waals surface area contributed by atoms with E-state index in [2.05, 4.69) is 31.3 Å². The highest BCUT2D eigenvalue weighted by Gasteiger charge is 2.34. The minimum absolute atomic E-state index is 0.0527. The summed E-state index contributed by atoms with van der Waals surface area (Å²) in [6, 6.07) is 17.6. The summed E-state index contributed by atoms with van der Waals surface area (Å²) in [4.78, 5) is 75.5. The molecule has 276 valence electrons. The van der Waals surface area contributed by atoms with Crippen LogP contribution in [0.1, 0.15) is 50.7 Å². The minimum atomic E-state index is -1.29. The summed E-state index contributed by atoms with van der Waals surface area (Å²) >= 11 is 0. The van der Waals surface area contributed by atoms with Crippen LogP contribution >= 0.6 is 0 Å². The molecule has 0 fully saturated rings. The molecule has 5 amide bonds. The van der Waals surface area contributed by atoms with Crippen molar-refractivity contribution in [1.29, 1.82) is 0 Å². The van der Waals surface area contributed by atoms with Gasteiger partial charge in [0.25, 0.3) is 0 Å². The number of nitrogens with zero attached hydrogens (tertiary/aromatic N) is 2. The van der Waals surface area contributed by atoms with Crippen LogP contribution in [-0.2, 0) is 36.8 Å². The molecule has 5 atom stereocenters. The highest BCUT2D eigenvalue weighted by atomic mass is 16.2. The van der Waals surface area contributed by atoms with Crippen LogP contribution in [0, 0.1) is 0 Å². The molecule has 10 N–H and O–H groups in total. The lowest BCUT2D eigenvalue weighted by molar-refractivity contribution is -0.135. The normalized spacial score (nSPS) is 16.0. The van der Waals surface area contributed by atoms with Gasteiger partial charge in [-0.15, -0.1) is 0 Å². The van der Waals surface area contributed by atoms with E-state index >= 15 is 0 Å². The molecule has 0 aromatic heterocycles. The minimum Gasteiger partial charge on any atom is -0.368 e. The molecule has 0 radical (unpaired) electrons. The summed E-state index contributed by atoms with van der Waals surface area (Å²) in [5, 5.41) is 13.0. The largest absolute Gasteiger partial charge is 0.368 e. The molecular weight excluding hydrogens is 662 g/mol. The van der Waals surface area contributed by atoms with E-state index in [1.165, 1.54) is 20.2 Å². The summed E-state index contributed by atoms with van der Waals surface area (Å²) < 4.78 is 0. The van der Waals surface area contributed by atoms with E-state index in [1.807, 2.05) is 72.8 Å². The Morgan fingerprint density at radius 1 is 0.731 bits per heavy atom. The van der Waals surface area contributed by atoms with Gasteiger partial charge in [-0.3, -0.25) is 29.0 Å². The summed E-state index contributed by atoms with van der Waals surface area (Å²) in [6.45, 7) is 3.45. The SMILES string of the molecule is CC(C)(N)C(=O)N[C@@H](C[C@H]1C=NC=N1)C(=O)N[C@@H](Cc1ccc2ccccc2c1)C(=O)N[C@@H](Cc1ccccc1)C(=O)N[C@@H](CCCCN)C(N)=O. The summed E-state index contributed by atoms with van der Waals surface area (Å²) in [5.74, 6) is -3.19. The van der Waals surface area contributed by atoms with E-state index in [4.69, 9.17) is 17.2 Å². The van der Waals surface area contributed by atoms with E-state index in [-0.39, 0.29) is 25.7 Å². The van der Waals surface area contributed by atoms with Crippen LogP contribution in [0.4, 0.5) is 0 Å². The van der Waals surface area contributed by atoms with Crippen LogP contribution in [0.5, 0.6) is 0 Å². The Morgan fingerprint density at radius 2 is 1.33 bits per heavy atom. The zero-order chi connectivity index (χ0) is 37.7. The molecule has 3 aromatic carbocycles. The average Bonchev–Trinajstić information content (AvgIpc) is 3.63. The number of amides is 5. The Morgan fingerprint density at radius 3 is 1.92 bits per heavy atom. The molecule has 0 saturated carbocycles. The molecule has 52 heavy (non-hydrogen) atoms. The van der Waals surface area contributed by atoms with Crippen LogP contribution in [0.2, 0.25) is 0 Å². The number of rotatable bonds is 19. The monoisotopic (exact) mass is 711 g/mol. The van der Waals surface area contributed by atoms with Crippen molar-refractivity contribution in [3.63, 3.8) is 0 Å². The van der Waals surface area contributed by atoms with Gasteiger partial charge in [-0.1, -0.05) is 72.8 Å². The molecular formula is C38H49N9O5. The van der Waals surface area contributed by atoms with Gasteiger partial charge in [-0.25, -0.2) is 4.99 Å². The number of nitrogens with one attached hydrogen (secondary N) is 4. The van der Waals surface area contributed by atoms with Crippen molar-refractivity contribution in [3.8, 4) is 0 Å². The zero-order valence-corrected chi connectivity index (χ0v) is 29.6. The highest BCUT2D eigenvalue weighted by Crippen LogP contribution is 2.18. The number of aliphatic imine (C=N–C) groups is 2. The smallest absolute Gasteiger partial charge is 0.243 e. The van der Waals surface area contributed by atoms with Gasteiger partial charge in [-0.05, 0) is 61.6 Å². The fourth-order valence-corrected chi connectivity index (χ4v) is 5.70. The lowest BCUT2D eigenvalue weighted by Gasteiger charge is -2.28. The molecule has 1 aliphatic heterocycles. The van der Waals surface area contributed by atoms with E-state index < -0.39 is 65.3 Å². The Kier molecular flexibility index (Phi) is 14.1. The van der Waals surface area contributed by atoms with E-state index in [0.29, 0.717) is 19.4 Å². The maximum absolute atomic E-state index is 14.3. The van der Waals surface area contributed by atoms with Crippen molar-refractivity contribution in [2.24, 2.45) is 27.2 Å². The highest BCUT2D eigenvalue weighted by molar-refractivity contribution is 5.97. The van der Waals surface area contributed by atoms with E-state index in [0.717, 1.165) is 21.9 Å². The first-order valence-corrected chi connectivity index (χ1v) is 17.4. The van der Waals surface area contributed by atoms with Gasteiger partial charge < -0.3 is 38.5 Å².